The Hall–Kier alpha value is -3.56. The van der Waals surface area contributed by atoms with E-state index in [1.165, 1.54) is 0 Å². The van der Waals surface area contributed by atoms with E-state index in [1.807, 2.05) is 97.0 Å². The van der Waals surface area contributed by atoms with E-state index in [0.717, 1.165) is 39.0 Å². The quantitative estimate of drug-likeness (QED) is 0.242. The predicted octanol–water partition coefficient (Wildman–Crippen LogP) is 7.40. The number of rotatable bonds is 5. The SMILES string of the molecule is CC(C)(C)OC(=O)NC(c1ncc(-c2ccc(-c3cc4ccc(B5OC(C)(C)C(C)(C)O5)cc4o3)cc2)[nH]1)C(C)(C)C. The van der Waals surface area contributed by atoms with Gasteiger partial charge in [-0.2, -0.15) is 0 Å². The van der Waals surface area contributed by atoms with Gasteiger partial charge in [-0.15, -0.1) is 0 Å². The highest BCUT2D eigenvalue weighted by molar-refractivity contribution is 6.62. The number of furan rings is 1. The molecule has 4 aromatic rings. The van der Waals surface area contributed by atoms with Crippen LogP contribution in [0.1, 0.15) is 81.1 Å². The summed E-state index contributed by atoms with van der Waals surface area (Å²) in [5.74, 6) is 1.45. The molecule has 0 saturated carbocycles. The number of hydrogen-bond acceptors (Lipinski definition) is 6. The molecule has 1 unspecified atom stereocenters. The number of aromatic amines is 1. The Balaban J connectivity index is 1.34. The lowest BCUT2D eigenvalue weighted by Gasteiger charge is -2.32. The first-order valence-electron chi connectivity index (χ1n) is 14.5. The minimum absolute atomic E-state index is 0.292. The molecule has 1 amide bonds. The predicted molar refractivity (Wildman–Crippen MR) is 167 cm³/mol. The number of H-pyrrole nitrogens is 1. The Kier molecular flexibility index (Phi) is 7.35. The molecule has 0 aliphatic carbocycles. The van der Waals surface area contributed by atoms with Crippen molar-refractivity contribution in [1.82, 2.24) is 15.3 Å². The molecule has 42 heavy (non-hydrogen) atoms. The summed E-state index contributed by atoms with van der Waals surface area (Å²) >= 11 is 0. The fraction of sp³-hybridized carbons (Fsp3) is 0.455. The summed E-state index contributed by atoms with van der Waals surface area (Å²) in [6.45, 7) is 19.9. The molecule has 3 heterocycles. The highest BCUT2D eigenvalue weighted by atomic mass is 16.7. The van der Waals surface area contributed by atoms with Crippen molar-refractivity contribution in [2.24, 2.45) is 5.41 Å². The molecule has 1 aliphatic heterocycles. The van der Waals surface area contributed by atoms with Crippen LogP contribution in [0.4, 0.5) is 4.79 Å². The van der Waals surface area contributed by atoms with Gasteiger partial charge < -0.3 is 28.8 Å². The number of imidazole rings is 1. The molecule has 1 aliphatic rings. The van der Waals surface area contributed by atoms with E-state index in [4.69, 9.17) is 18.5 Å². The highest BCUT2D eigenvalue weighted by Crippen LogP contribution is 2.37. The van der Waals surface area contributed by atoms with Gasteiger partial charge in [-0.3, -0.25) is 0 Å². The monoisotopic (exact) mass is 571 g/mol. The standard InChI is InChI=1S/C33H42BN3O5/c1-30(2,3)27(37-29(38)40-31(4,5)6)28-35-19-24(36-28)20-11-13-21(14-12-20)25-17-22-15-16-23(18-26(22)39-25)34-41-32(7,8)33(9,10)42-34/h11-19,27H,1-10H3,(H,35,36)(H,37,38). The number of fused-ring (bicyclic) bond motifs is 1. The third-order valence-electron chi connectivity index (χ3n) is 7.95. The number of hydrogen-bond donors (Lipinski definition) is 2. The van der Waals surface area contributed by atoms with E-state index >= 15 is 0 Å². The summed E-state index contributed by atoms with van der Waals surface area (Å²) in [4.78, 5) is 20.6. The number of carbonyl (C=O) groups is 1. The maximum absolute atomic E-state index is 12.5. The number of amides is 1. The van der Waals surface area contributed by atoms with Gasteiger partial charge in [-0.25, -0.2) is 9.78 Å². The van der Waals surface area contributed by atoms with Crippen LogP contribution in [0.25, 0.3) is 33.6 Å². The number of alkyl carbamates (subject to hydrolysis) is 1. The molecule has 1 atom stereocenters. The molecule has 222 valence electrons. The van der Waals surface area contributed by atoms with E-state index in [2.05, 4.69) is 36.1 Å². The van der Waals surface area contributed by atoms with Crippen molar-refractivity contribution in [1.29, 1.82) is 0 Å². The third-order valence-corrected chi connectivity index (χ3v) is 7.95. The zero-order chi connectivity index (χ0) is 30.7. The molecule has 1 fully saturated rings. The minimum Gasteiger partial charge on any atom is -0.456 e. The van der Waals surface area contributed by atoms with Crippen LogP contribution < -0.4 is 10.8 Å². The van der Waals surface area contributed by atoms with Gasteiger partial charge in [0.25, 0.3) is 0 Å². The van der Waals surface area contributed by atoms with Gasteiger partial charge in [0.05, 0.1) is 29.1 Å². The van der Waals surface area contributed by atoms with Gasteiger partial charge in [-0.05, 0) is 77.0 Å². The Bertz CT molecular complexity index is 1570. The molecular weight excluding hydrogens is 529 g/mol. The lowest BCUT2D eigenvalue weighted by atomic mass is 9.79. The average Bonchev–Trinajstić information content (AvgIpc) is 3.56. The number of aromatic nitrogens is 2. The van der Waals surface area contributed by atoms with E-state index < -0.39 is 30.0 Å². The smallest absolute Gasteiger partial charge is 0.456 e. The lowest BCUT2D eigenvalue weighted by molar-refractivity contribution is 0.00578. The Labute approximate surface area is 248 Å². The largest absolute Gasteiger partial charge is 0.494 e. The van der Waals surface area contributed by atoms with Crippen LogP contribution in [0.2, 0.25) is 0 Å². The molecular formula is C33H42BN3O5. The molecule has 1 saturated heterocycles. The summed E-state index contributed by atoms with van der Waals surface area (Å²) in [7, 11) is -0.441. The molecule has 0 radical (unpaired) electrons. The Morgan fingerprint density at radius 2 is 1.55 bits per heavy atom. The molecule has 2 N–H and O–H groups in total. The first-order chi connectivity index (χ1) is 19.4. The molecule has 8 nitrogen and oxygen atoms in total. The van der Waals surface area contributed by atoms with Crippen LogP contribution in [0.15, 0.2) is 59.1 Å². The summed E-state index contributed by atoms with van der Waals surface area (Å²) in [6, 6.07) is 15.9. The number of nitrogens with zero attached hydrogens (tertiary/aromatic N) is 1. The Morgan fingerprint density at radius 3 is 2.14 bits per heavy atom. The van der Waals surface area contributed by atoms with Gasteiger partial charge in [0.2, 0.25) is 0 Å². The van der Waals surface area contributed by atoms with Gasteiger partial charge in [-0.1, -0.05) is 57.2 Å². The number of carbonyl (C=O) groups excluding carboxylic acids is 1. The maximum atomic E-state index is 12.5. The van der Waals surface area contributed by atoms with Crippen molar-refractivity contribution in [3.8, 4) is 22.6 Å². The van der Waals surface area contributed by atoms with Gasteiger partial charge in [0.15, 0.2) is 0 Å². The number of ether oxygens (including phenoxy) is 1. The molecule has 2 aromatic carbocycles. The first kappa shape index (κ1) is 29.9. The van der Waals surface area contributed by atoms with E-state index in [1.54, 1.807) is 6.20 Å². The fourth-order valence-electron chi connectivity index (χ4n) is 4.88. The summed E-state index contributed by atoms with van der Waals surface area (Å²) in [5, 5.41) is 4.00. The topological polar surface area (TPSA) is 98.6 Å². The van der Waals surface area contributed by atoms with Crippen molar-refractivity contribution in [2.75, 3.05) is 0 Å². The second-order valence-electron chi connectivity index (χ2n) is 14.2. The van der Waals surface area contributed by atoms with Crippen molar-refractivity contribution < 1.29 is 23.3 Å². The van der Waals surface area contributed by atoms with Crippen LogP contribution in [-0.4, -0.2) is 40.0 Å². The van der Waals surface area contributed by atoms with Crippen LogP contribution in [0, 0.1) is 5.41 Å². The van der Waals surface area contributed by atoms with Crippen LogP contribution in [-0.2, 0) is 14.0 Å². The number of benzene rings is 2. The van der Waals surface area contributed by atoms with Crippen molar-refractivity contribution >= 4 is 29.6 Å². The maximum Gasteiger partial charge on any atom is 0.494 e. The van der Waals surface area contributed by atoms with E-state index in [-0.39, 0.29) is 11.5 Å². The second-order valence-corrected chi connectivity index (χ2v) is 14.2. The van der Waals surface area contributed by atoms with E-state index in [9.17, 15) is 4.79 Å². The highest BCUT2D eigenvalue weighted by Gasteiger charge is 2.51. The van der Waals surface area contributed by atoms with Crippen LogP contribution in [0.5, 0.6) is 0 Å². The summed E-state index contributed by atoms with van der Waals surface area (Å²) < 4.78 is 24.2. The van der Waals surface area contributed by atoms with Crippen molar-refractivity contribution in [3.05, 3.63) is 60.6 Å². The first-order valence-corrected chi connectivity index (χ1v) is 14.5. The zero-order valence-corrected chi connectivity index (χ0v) is 26.3. The normalized spacial score (nSPS) is 17.4. The molecule has 5 rings (SSSR count). The summed E-state index contributed by atoms with van der Waals surface area (Å²) in [6.07, 6.45) is 1.32. The summed E-state index contributed by atoms with van der Waals surface area (Å²) in [5.41, 5.74) is 2.83. The number of nitrogens with one attached hydrogen (secondary N) is 2. The lowest BCUT2D eigenvalue weighted by Crippen LogP contribution is -2.41. The third kappa shape index (κ3) is 6.13. The van der Waals surface area contributed by atoms with Gasteiger partial charge in [0.1, 0.15) is 22.8 Å². The fourth-order valence-corrected chi connectivity index (χ4v) is 4.88. The molecule has 2 aromatic heterocycles. The average molecular weight is 572 g/mol. The van der Waals surface area contributed by atoms with E-state index in [0.29, 0.717) is 5.82 Å². The Morgan fingerprint density at radius 1 is 0.929 bits per heavy atom. The van der Waals surface area contributed by atoms with Crippen molar-refractivity contribution in [3.63, 3.8) is 0 Å². The molecule has 0 spiro atoms. The van der Waals surface area contributed by atoms with Gasteiger partial charge >= 0.3 is 13.2 Å². The van der Waals surface area contributed by atoms with Gasteiger partial charge in [0, 0.05) is 10.9 Å². The van der Waals surface area contributed by atoms with Crippen molar-refractivity contribution in [2.45, 2.75) is 92.1 Å². The second kappa shape index (κ2) is 10.3. The van der Waals surface area contributed by atoms with Crippen LogP contribution in [0.3, 0.4) is 0 Å². The minimum atomic E-state index is -0.585. The van der Waals surface area contributed by atoms with Crippen LogP contribution >= 0.6 is 0 Å². The molecule has 9 heteroatoms. The molecule has 0 bridgehead atoms. The zero-order valence-electron chi connectivity index (χ0n) is 26.3.